The molecular formula is C12H19N3O3S. The van der Waals surface area contributed by atoms with Crippen LogP contribution in [0.5, 0.6) is 0 Å². The number of carboxylic acid groups (broad SMARTS) is 1. The van der Waals surface area contributed by atoms with Gasteiger partial charge in [-0.05, 0) is 0 Å². The van der Waals surface area contributed by atoms with Crippen LogP contribution in [-0.2, 0) is 9.53 Å². The Morgan fingerprint density at radius 1 is 1.47 bits per heavy atom. The average molecular weight is 285 g/mol. The standard InChI is InChI=1S/C12H19N3O3S/c16-11(17)1-3-15(12-13-2-10-19-12)5-4-14-6-8-18-9-7-14/h2,10H,1,3-9H2,(H,16,17). The van der Waals surface area contributed by atoms with E-state index >= 15 is 0 Å². The van der Waals surface area contributed by atoms with Crippen molar-refractivity contribution in [1.29, 1.82) is 0 Å². The minimum atomic E-state index is -0.770. The van der Waals surface area contributed by atoms with Gasteiger partial charge in [-0.25, -0.2) is 4.98 Å². The molecule has 0 amide bonds. The number of carboxylic acids is 1. The van der Waals surface area contributed by atoms with E-state index in [1.807, 2.05) is 10.3 Å². The van der Waals surface area contributed by atoms with Gasteiger partial charge in [-0.3, -0.25) is 9.69 Å². The topological polar surface area (TPSA) is 65.9 Å². The van der Waals surface area contributed by atoms with E-state index < -0.39 is 5.97 Å². The first kappa shape index (κ1) is 14.2. The highest BCUT2D eigenvalue weighted by Gasteiger charge is 2.15. The van der Waals surface area contributed by atoms with Crippen molar-refractivity contribution in [2.24, 2.45) is 0 Å². The number of hydrogen-bond donors (Lipinski definition) is 1. The van der Waals surface area contributed by atoms with E-state index in [0.717, 1.165) is 44.5 Å². The summed E-state index contributed by atoms with van der Waals surface area (Å²) < 4.78 is 5.31. The van der Waals surface area contributed by atoms with Gasteiger partial charge in [-0.15, -0.1) is 11.3 Å². The maximum Gasteiger partial charge on any atom is 0.305 e. The van der Waals surface area contributed by atoms with Gasteiger partial charge in [0, 0.05) is 44.3 Å². The number of thiazole rings is 1. The molecule has 2 heterocycles. The quantitative estimate of drug-likeness (QED) is 0.798. The smallest absolute Gasteiger partial charge is 0.305 e. The summed E-state index contributed by atoms with van der Waals surface area (Å²) in [5, 5.41) is 11.6. The Morgan fingerprint density at radius 3 is 2.89 bits per heavy atom. The second-order valence-corrected chi connectivity index (χ2v) is 5.27. The first-order valence-electron chi connectivity index (χ1n) is 6.42. The molecule has 1 saturated heterocycles. The van der Waals surface area contributed by atoms with Gasteiger partial charge >= 0.3 is 5.97 Å². The number of aliphatic carboxylic acids is 1. The summed E-state index contributed by atoms with van der Waals surface area (Å²) in [5.74, 6) is -0.770. The minimum absolute atomic E-state index is 0.142. The van der Waals surface area contributed by atoms with Crippen LogP contribution in [0, 0.1) is 0 Å². The molecular weight excluding hydrogens is 266 g/mol. The number of anilines is 1. The maximum atomic E-state index is 10.7. The zero-order valence-corrected chi connectivity index (χ0v) is 11.6. The number of hydrogen-bond acceptors (Lipinski definition) is 6. The molecule has 1 fully saturated rings. The third kappa shape index (κ3) is 4.77. The molecule has 0 unspecified atom stereocenters. The summed E-state index contributed by atoms with van der Waals surface area (Å²) in [4.78, 5) is 19.4. The highest BCUT2D eigenvalue weighted by Crippen LogP contribution is 2.17. The minimum Gasteiger partial charge on any atom is -0.481 e. The molecule has 1 N–H and O–H groups in total. The Bertz CT molecular complexity index is 380. The van der Waals surface area contributed by atoms with E-state index in [1.54, 1.807) is 17.5 Å². The van der Waals surface area contributed by atoms with Crippen molar-refractivity contribution in [3.05, 3.63) is 11.6 Å². The number of carbonyl (C=O) groups is 1. The molecule has 0 radical (unpaired) electrons. The number of aromatic nitrogens is 1. The monoisotopic (exact) mass is 285 g/mol. The van der Waals surface area contributed by atoms with Gasteiger partial charge in [0.15, 0.2) is 5.13 Å². The SMILES string of the molecule is O=C(O)CCN(CCN1CCOCC1)c1nccs1. The number of ether oxygens (including phenoxy) is 1. The Labute approximate surface area is 116 Å². The van der Waals surface area contributed by atoms with Crippen molar-refractivity contribution in [2.45, 2.75) is 6.42 Å². The molecule has 7 heteroatoms. The maximum absolute atomic E-state index is 10.7. The molecule has 0 saturated carbocycles. The Morgan fingerprint density at radius 2 is 2.26 bits per heavy atom. The molecule has 1 aliphatic heterocycles. The zero-order valence-electron chi connectivity index (χ0n) is 10.8. The molecule has 0 atom stereocenters. The molecule has 0 bridgehead atoms. The highest BCUT2D eigenvalue weighted by atomic mass is 32.1. The van der Waals surface area contributed by atoms with E-state index in [1.165, 1.54) is 0 Å². The lowest BCUT2D eigenvalue weighted by atomic mass is 10.3. The lowest BCUT2D eigenvalue weighted by Crippen LogP contribution is -2.42. The first-order chi connectivity index (χ1) is 9.25. The molecule has 0 aromatic carbocycles. The van der Waals surface area contributed by atoms with Crippen molar-refractivity contribution in [1.82, 2.24) is 9.88 Å². The molecule has 1 aromatic heterocycles. The van der Waals surface area contributed by atoms with Gasteiger partial charge in [0.25, 0.3) is 0 Å². The van der Waals surface area contributed by atoms with Crippen LogP contribution < -0.4 is 4.90 Å². The zero-order chi connectivity index (χ0) is 13.5. The largest absolute Gasteiger partial charge is 0.481 e. The molecule has 2 rings (SSSR count). The van der Waals surface area contributed by atoms with Gasteiger partial charge in [0.1, 0.15) is 0 Å². The number of rotatable bonds is 7. The molecule has 0 spiro atoms. The summed E-state index contributed by atoms with van der Waals surface area (Å²) in [7, 11) is 0. The normalized spacial score (nSPS) is 16.4. The third-order valence-electron chi connectivity index (χ3n) is 3.08. The van der Waals surface area contributed by atoms with Crippen LogP contribution in [0.25, 0.3) is 0 Å². The van der Waals surface area contributed by atoms with Crippen molar-refractivity contribution in [3.63, 3.8) is 0 Å². The van der Waals surface area contributed by atoms with Crippen LogP contribution in [0.2, 0.25) is 0 Å². The van der Waals surface area contributed by atoms with Crippen LogP contribution >= 0.6 is 11.3 Å². The number of nitrogens with zero attached hydrogens (tertiary/aromatic N) is 3. The summed E-state index contributed by atoms with van der Waals surface area (Å²) in [6, 6.07) is 0. The third-order valence-corrected chi connectivity index (χ3v) is 3.91. The fourth-order valence-corrected chi connectivity index (χ4v) is 2.69. The van der Waals surface area contributed by atoms with Gasteiger partial charge in [0.05, 0.1) is 19.6 Å². The van der Waals surface area contributed by atoms with Crippen LogP contribution in [0.1, 0.15) is 6.42 Å². The summed E-state index contributed by atoms with van der Waals surface area (Å²) in [6.45, 7) is 5.70. The van der Waals surface area contributed by atoms with Gasteiger partial charge in [-0.2, -0.15) is 0 Å². The van der Waals surface area contributed by atoms with E-state index in [-0.39, 0.29) is 6.42 Å². The van der Waals surface area contributed by atoms with Gasteiger partial charge in [0.2, 0.25) is 0 Å². The summed E-state index contributed by atoms with van der Waals surface area (Å²) >= 11 is 1.55. The van der Waals surface area contributed by atoms with Gasteiger partial charge in [-0.1, -0.05) is 0 Å². The number of morpholine rings is 1. The average Bonchev–Trinajstić information content (AvgIpc) is 2.93. The molecule has 0 aliphatic carbocycles. The Balaban J connectivity index is 1.84. The van der Waals surface area contributed by atoms with E-state index in [9.17, 15) is 4.79 Å². The first-order valence-corrected chi connectivity index (χ1v) is 7.30. The van der Waals surface area contributed by atoms with Crippen molar-refractivity contribution >= 4 is 22.4 Å². The second kappa shape index (κ2) is 7.42. The molecule has 6 nitrogen and oxygen atoms in total. The van der Waals surface area contributed by atoms with Crippen LogP contribution in [-0.4, -0.2) is 66.9 Å². The van der Waals surface area contributed by atoms with Crippen LogP contribution in [0.15, 0.2) is 11.6 Å². The van der Waals surface area contributed by atoms with Gasteiger partial charge < -0.3 is 14.7 Å². The molecule has 106 valence electrons. The predicted octanol–water partition coefficient (Wildman–Crippen LogP) is 0.756. The summed E-state index contributed by atoms with van der Waals surface area (Å²) in [6.07, 6.45) is 1.89. The van der Waals surface area contributed by atoms with Crippen LogP contribution in [0.3, 0.4) is 0 Å². The highest BCUT2D eigenvalue weighted by molar-refractivity contribution is 7.13. The van der Waals surface area contributed by atoms with Crippen LogP contribution in [0.4, 0.5) is 5.13 Å². The Kier molecular flexibility index (Phi) is 5.56. The van der Waals surface area contributed by atoms with Crippen molar-refractivity contribution < 1.29 is 14.6 Å². The lowest BCUT2D eigenvalue weighted by molar-refractivity contribution is -0.136. The second-order valence-electron chi connectivity index (χ2n) is 4.40. The fraction of sp³-hybridized carbons (Fsp3) is 0.667. The fourth-order valence-electron chi connectivity index (χ4n) is 1.99. The van der Waals surface area contributed by atoms with E-state index in [2.05, 4.69) is 9.88 Å². The molecule has 1 aliphatic rings. The molecule has 1 aromatic rings. The lowest BCUT2D eigenvalue weighted by Gasteiger charge is -2.29. The van der Waals surface area contributed by atoms with Crippen molar-refractivity contribution in [2.75, 3.05) is 50.8 Å². The summed E-state index contributed by atoms with van der Waals surface area (Å²) in [5.41, 5.74) is 0. The predicted molar refractivity (Wildman–Crippen MR) is 73.8 cm³/mol. The Hall–Kier alpha value is -1.18. The van der Waals surface area contributed by atoms with E-state index in [0.29, 0.717) is 6.54 Å². The van der Waals surface area contributed by atoms with E-state index in [4.69, 9.17) is 9.84 Å². The molecule has 19 heavy (non-hydrogen) atoms. The van der Waals surface area contributed by atoms with Crippen molar-refractivity contribution in [3.8, 4) is 0 Å².